The Morgan fingerprint density at radius 3 is 2.26 bits per heavy atom. The summed E-state index contributed by atoms with van der Waals surface area (Å²) >= 11 is 0. The van der Waals surface area contributed by atoms with Crippen molar-refractivity contribution < 1.29 is 4.79 Å². The molecule has 1 fully saturated rings. The first kappa shape index (κ1) is 25.9. The number of hydrogen-bond donors (Lipinski definition) is 2. The van der Waals surface area contributed by atoms with Gasteiger partial charge in [-0.2, -0.15) is 0 Å². The first-order valence-electron chi connectivity index (χ1n) is 13.5. The summed E-state index contributed by atoms with van der Waals surface area (Å²) in [7, 11) is 0. The van der Waals surface area contributed by atoms with Gasteiger partial charge >= 0.3 is 0 Å². The SMILES string of the molecule is CC[C@H](NC(=O)c1c(CN2C[C@@H](C)NC[C@@H]2C)n(-c2ccccc2)c(=O)c2ccccc12)c1ccccc1. The number of fused-ring (bicyclic) bond motifs is 1. The summed E-state index contributed by atoms with van der Waals surface area (Å²) < 4.78 is 1.75. The van der Waals surface area contributed by atoms with Crippen molar-refractivity contribution in [2.24, 2.45) is 0 Å². The second-order valence-corrected chi connectivity index (χ2v) is 10.3. The zero-order valence-corrected chi connectivity index (χ0v) is 22.4. The van der Waals surface area contributed by atoms with Crippen molar-refractivity contribution in [3.63, 3.8) is 0 Å². The van der Waals surface area contributed by atoms with Crippen LogP contribution in [-0.4, -0.2) is 40.5 Å². The first-order valence-corrected chi connectivity index (χ1v) is 13.5. The van der Waals surface area contributed by atoms with Gasteiger partial charge in [0.2, 0.25) is 0 Å². The van der Waals surface area contributed by atoms with Gasteiger partial charge in [-0.25, -0.2) is 0 Å². The van der Waals surface area contributed by atoms with Gasteiger partial charge in [-0.1, -0.05) is 73.7 Å². The number of carbonyl (C=O) groups is 1. The Balaban J connectivity index is 1.71. The van der Waals surface area contributed by atoms with Crippen LogP contribution in [0.15, 0.2) is 89.7 Å². The molecule has 0 aliphatic carbocycles. The molecular weight excluding hydrogens is 472 g/mol. The molecule has 4 aromatic rings. The number of carbonyl (C=O) groups excluding carboxylic acids is 1. The number of benzene rings is 3. The van der Waals surface area contributed by atoms with Gasteiger partial charge in [0.1, 0.15) is 0 Å². The third-order valence-electron chi connectivity index (χ3n) is 7.59. The molecule has 196 valence electrons. The zero-order chi connectivity index (χ0) is 26.6. The van der Waals surface area contributed by atoms with Gasteiger partial charge in [0.15, 0.2) is 0 Å². The Bertz CT molecular complexity index is 1470. The highest BCUT2D eigenvalue weighted by molar-refractivity contribution is 6.08. The van der Waals surface area contributed by atoms with E-state index in [-0.39, 0.29) is 23.6 Å². The van der Waals surface area contributed by atoms with Crippen LogP contribution in [0.3, 0.4) is 0 Å². The van der Waals surface area contributed by atoms with Crippen LogP contribution in [0.1, 0.15) is 54.8 Å². The summed E-state index contributed by atoms with van der Waals surface area (Å²) in [5.74, 6) is -0.160. The number of hydrogen-bond acceptors (Lipinski definition) is 4. The van der Waals surface area contributed by atoms with Crippen molar-refractivity contribution in [1.82, 2.24) is 20.1 Å². The monoisotopic (exact) mass is 508 g/mol. The smallest absolute Gasteiger partial charge is 0.263 e. The Labute approximate surface area is 224 Å². The molecule has 0 bridgehead atoms. The van der Waals surface area contributed by atoms with E-state index in [9.17, 15) is 9.59 Å². The van der Waals surface area contributed by atoms with Crippen LogP contribution in [0.25, 0.3) is 16.5 Å². The molecule has 3 aromatic carbocycles. The van der Waals surface area contributed by atoms with E-state index >= 15 is 0 Å². The summed E-state index contributed by atoms with van der Waals surface area (Å²) in [5.41, 5.74) is 3.01. The lowest BCUT2D eigenvalue weighted by Crippen LogP contribution is -2.54. The maximum absolute atomic E-state index is 14.2. The van der Waals surface area contributed by atoms with Crippen molar-refractivity contribution in [1.29, 1.82) is 0 Å². The molecule has 6 heteroatoms. The number of aromatic nitrogens is 1. The topological polar surface area (TPSA) is 66.4 Å². The summed E-state index contributed by atoms with van der Waals surface area (Å²) in [5, 5.41) is 8.07. The fourth-order valence-corrected chi connectivity index (χ4v) is 5.50. The number of para-hydroxylation sites is 1. The van der Waals surface area contributed by atoms with Crippen molar-refractivity contribution in [2.45, 2.75) is 51.9 Å². The number of pyridine rings is 1. The lowest BCUT2D eigenvalue weighted by atomic mass is 9.99. The van der Waals surface area contributed by atoms with Gasteiger partial charge in [0, 0.05) is 48.2 Å². The molecule has 0 saturated carbocycles. The Hall–Kier alpha value is -3.74. The van der Waals surface area contributed by atoms with Crippen LogP contribution >= 0.6 is 0 Å². The normalized spacial score (nSPS) is 18.8. The van der Waals surface area contributed by atoms with Gasteiger partial charge in [-0.15, -0.1) is 0 Å². The highest BCUT2D eigenvalue weighted by Crippen LogP contribution is 2.27. The zero-order valence-electron chi connectivity index (χ0n) is 22.4. The lowest BCUT2D eigenvalue weighted by molar-refractivity contribution is 0.0930. The maximum atomic E-state index is 14.2. The average Bonchev–Trinajstić information content (AvgIpc) is 2.95. The minimum atomic E-state index is -0.160. The summed E-state index contributed by atoms with van der Waals surface area (Å²) in [4.78, 5) is 30.6. The van der Waals surface area contributed by atoms with Gasteiger partial charge < -0.3 is 10.6 Å². The second-order valence-electron chi connectivity index (χ2n) is 10.3. The number of rotatable bonds is 7. The molecule has 0 spiro atoms. The van der Waals surface area contributed by atoms with E-state index in [1.54, 1.807) is 4.57 Å². The van der Waals surface area contributed by atoms with Crippen LogP contribution in [0, 0.1) is 0 Å². The molecule has 1 aromatic heterocycles. The van der Waals surface area contributed by atoms with Crippen molar-refractivity contribution in [3.05, 3.63) is 112 Å². The van der Waals surface area contributed by atoms with Gasteiger partial charge in [-0.05, 0) is 44.0 Å². The molecule has 5 rings (SSSR count). The summed E-state index contributed by atoms with van der Waals surface area (Å²) in [6.45, 7) is 8.62. The van der Waals surface area contributed by atoms with Gasteiger partial charge in [0.05, 0.1) is 17.3 Å². The van der Waals surface area contributed by atoms with Crippen LogP contribution in [0.5, 0.6) is 0 Å². The third kappa shape index (κ3) is 5.15. The molecule has 6 nitrogen and oxygen atoms in total. The van der Waals surface area contributed by atoms with E-state index in [4.69, 9.17) is 0 Å². The predicted octanol–water partition coefficient (Wildman–Crippen LogP) is 5.05. The quantitative estimate of drug-likeness (QED) is 0.367. The summed E-state index contributed by atoms with van der Waals surface area (Å²) in [6.07, 6.45) is 0.758. The number of nitrogens with zero attached hydrogens (tertiary/aromatic N) is 2. The van der Waals surface area contributed by atoms with Gasteiger partial charge in [-0.3, -0.25) is 19.1 Å². The van der Waals surface area contributed by atoms with E-state index < -0.39 is 0 Å². The number of nitrogens with one attached hydrogen (secondary N) is 2. The largest absolute Gasteiger partial charge is 0.345 e. The molecule has 1 aliphatic rings. The standard InChI is InChI=1S/C32H36N4O2/c1-4-28(24-13-7-5-8-14-24)34-31(37)30-26-17-11-12-18-27(26)32(38)36(25-15-9-6-10-16-25)29(30)21-35-20-22(2)33-19-23(35)3/h5-18,22-23,28,33H,4,19-21H2,1-3H3,(H,34,37)/t22-,23+,28+/m1/s1. The maximum Gasteiger partial charge on any atom is 0.263 e. The lowest BCUT2D eigenvalue weighted by Gasteiger charge is -2.38. The minimum absolute atomic E-state index is 0.107. The molecule has 38 heavy (non-hydrogen) atoms. The predicted molar refractivity (Wildman–Crippen MR) is 154 cm³/mol. The number of piperazine rings is 1. The van der Waals surface area contributed by atoms with Crippen LogP contribution in [-0.2, 0) is 6.54 Å². The Kier molecular flexibility index (Phi) is 7.72. The molecule has 0 radical (unpaired) electrons. The molecular formula is C32H36N4O2. The van der Waals surface area contributed by atoms with Crippen LogP contribution in [0.2, 0.25) is 0 Å². The minimum Gasteiger partial charge on any atom is -0.345 e. The fraction of sp³-hybridized carbons (Fsp3) is 0.312. The summed E-state index contributed by atoms with van der Waals surface area (Å²) in [6, 6.07) is 27.7. The van der Waals surface area contributed by atoms with Crippen LogP contribution in [0.4, 0.5) is 0 Å². The first-order chi connectivity index (χ1) is 18.5. The molecule has 1 saturated heterocycles. The van der Waals surface area contributed by atoms with E-state index in [2.05, 4.69) is 36.3 Å². The Morgan fingerprint density at radius 1 is 0.947 bits per heavy atom. The van der Waals surface area contributed by atoms with Crippen LogP contribution < -0.4 is 16.2 Å². The molecule has 3 atom stereocenters. The van der Waals surface area contributed by atoms with Gasteiger partial charge in [0.25, 0.3) is 11.5 Å². The molecule has 1 amide bonds. The molecule has 0 unspecified atom stereocenters. The fourth-order valence-electron chi connectivity index (χ4n) is 5.50. The molecule has 2 heterocycles. The second kappa shape index (κ2) is 11.3. The van der Waals surface area contributed by atoms with E-state index in [1.165, 1.54) is 0 Å². The average molecular weight is 509 g/mol. The third-order valence-corrected chi connectivity index (χ3v) is 7.59. The van der Waals surface area contributed by atoms with E-state index in [0.717, 1.165) is 36.5 Å². The Morgan fingerprint density at radius 2 is 1.58 bits per heavy atom. The highest BCUT2D eigenvalue weighted by Gasteiger charge is 2.29. The number of amides is 1. The van der Waals surface area contributed by atoms with Crippen molar-refractivity contribution in [3.8, 4) is 5.69 Å². The van der Waals surface area contributed by atoms with Crippen molar-refractivity contribution >= 4 is 16.7 Å². The van der Waals surface area contributed by atoms with Crippen molar-refractivity contribution in [2.75, 3.05) is 13.1 Å². The van der Waals surface area contributed by atoms with E-state index in [1.807, 2.05) is 84.9 Å². The highest BCUT2D eigenvalue weighted by atomic mass is 16.2. The van der Waals surface area contributed by atoms with E-state index in [0.29, 0.717) is 28.9 Å². The molecule has 2 N–H and O–H groups in total. The molecule has 1 aliphatic heterocycles.